The van der Waals surface area contributed by atoms with Gasteiger partial charge in [-0.2, -0.15) is 0 Å². The van der Waals surface area contributed by atoms with Crippen LogP contribution in [-0.2, 0) is 27.2 Å². The highest BCUT2D eigenvalue weighted by Gasteiger charge is 2.13. The van der Waals surface area contributed by atoms with Crippen molar-refractivity contribution in [1.82, 2.24) is 15.0 Å². The summed E-state index contributed by atoms with van der Waals surface area (Å²) in [4.78, 5) is 56.3. The van der Waals surface area contributed by atoms with E-state index in [4.69, 9.17) is 16.7 Å². The van der Waals surface area contributed by atoms with Gasteiger partial charge in [-0.05, 0) is 62.6 Å². The number of carboxylic acid groups (broad SMARTS) is 1. The molecule has 0 aliphatic rings. The molecule has 2 aromatic carbocycles. The molecule has 0 aliphatic carbocycles. The van der Waals surface area contributed by atoms with Gasteiger partial charge < -0.3 is 9.84 Å². The van der Waals surface area contributed by atoms with E-state index in [1.165, 1.54) is 6.92 Å². The number of carbonyl (C=O) groups excluding carboxylic acids is 3. The lowest BCUT2D eigenvalue weighted by Crippen LogP contribution is -2.14. The Balaban J connectivity index is 0.000000231. The summed E-state index contributed by atoms with van der Waals surface area (Å²) in [6.45, 7) is 6.64. The van der Waals surface area contributed by atoms with Crippen LogP contribution in [0.3, 0.4) is 0 Å². The zero-order valence-electron chi connectivity index (χ0n) is 21.8. The summed E-state index contributed by atoms with van der Waals surface area (Å²) >= 11 is 5.96. The predicted molar refractivity (Wildman–Crippen MR) is 145 cm³/mol. The standard InChI is InChI=1S/C18H12ClNO3.C11H14N2O3/c19-17-15(10-21)9-14-6-3-12(8-16(14)20-17)7-11-1-4-13(5-2-11)18(22)23;1-6-7(2)13-10(8(3)12-6)5-11(15)16-9(4)14/h1-6,8-10H,7H2,(H,22,23);5H2,1-4H3. The summed E-state index contributed by atoms with van der Waals surface area (Å²) in [5.41, 5.74) is 6.24. The van der Waals surface area contributed by atoms with Gasteiger partial charge in [-0.15, -0.1) is 0 Å². The monoisotopic (exact) mass is 547 g/mol. The molecule has 0 atom stereocenters. The Morgan fingerprint density at radius 3 is 2.15 bits per heavy atom. The molecule has 39 heavy (non-hydrogen) atoms. The van der Waals surface area contributed by atoms with Crippen molar-refractivity contribution in [3.05, 3.63) is 98.7 Å². The molecule has 9 nitrogen and oxygen atoms in total. The average molecular weight is 548 g/mol. The lowest BCUT2D eigenvalue weighted by atomic mass is 10.0. The smallest absolute Gasteiger partial charge is 0.335 e. The molecule has 1 N–H and O–H groups in total. The molecular weight excluding hydrogens is 522 g/mol. The molecular formula is C29H26ClN3O6. The highest BCUT2D eigenvalue weighted by Crippen LogP contribution is 2.22. The molecule has 4 aromatic rings. The number of halogens is 1. The molecule has 10 heteroatoms. The molecule has 0 fully saturated rings. The van der Waals surface area contributed by atoms with E-state index in [1.807, 2.05) is 32.0 Å². The molecule has 0 bridgehead atoms. The number of carboxylic acids is 1. The minimum atomic E-state index is -0.938. The van der Waals surface area contributed by atoms with E-state index in [0.717, 1.165) is 33.4 Å². The van der Waals surface area contributed by atoms with E-state index in [2.05, 4.69) is 19.7 Å². The number of nitrogens with zero attached hydrogens (tertiary/aromatic N) is 3. The highest BCUT2D eigenvalue weighted by atomic mass is 35.5. The zero-order chi connectivity index (χ0) is 28.7. The molecule has 0 aliphatic heterocycles. The molecule has 0 spiro atoms. The Morgan fingerprint density at radius 2 is 1.54 bits per heavy atom. The number of aromatic carboxylic acids is 1. The highest BCUT2D eigenvalue weighted by molar-refractivity contribution is 6.32. The third kappa shape index (κ3) is 7.99. The number of pyridine rings is 1. The number of rotatable bonds is 6. The zero-order valence-corrected chi connectivity index (χ0v) is 22.6. The van der Waals surface area contributed by atoms with Crippen LogP contribution in [0.25, 0.3) is 10.9 Å². The average Bonchev–Trinajstić information content (AvgIpc) is 2.87. The van der Waals surface area contributed by atoms with Crippen LogP contribution in [0.4, 0.5) is 0 Å². The molecule has 0 unspecified atom stereocenters. The Bertz CT molecular complexity index is 1570. The largest absolute Gasteiger partial charge is 0.478 e. The third-order valence-electron chi connectivity index (χ3n) is 5.75. The van der Waals surface area contributed by atoms with Crippen LogP contribution in [0, 0.1) is 20.8 Å². The van der Waals surface area contributed by atoms with Crippen molar-refractivity contribution < 1.29 is 29.0 Å². The minimum Gasteiger partial charge on any atom is -0.478 e. The summed E-state index contributed by atoms with van der Waals surface area (Å²) in [5.74, 6) is -2.15. The third-order valence-corrected chi connectivity index (χ3v) is 6.05. The predicted octanol–water partition coefficient (Wildman–Crippen LogP) is 5.02. The van der Waals surface area contributed by atoms with E-state index < -0.39 is 17.9 Å². The first-order chi connectivity index (χ1) is 18.5. The number of aryl methyl sites for hydroxylation is 3. The summed E-state index contributed by atoms with van der Waals surface area (Å²) < 4.78 is 4.43. The first-order valence-electron chi connectivity index (χ1n) is 11.9. The van der Waals surface area contributed by atoms with Crippen LogP contribution < -0.4 is 0 Å². The van der Waals surface area contributed by atoms with Gasteiger partial charge in [0.15, 0.2) is 6.29 Å². The van der Waals surface area contributed by atoms with Gasteiger partial charge in [0.2, 0.25) is 0 Å². The first-order valence-corrected chi connectivity index (χ1v) is 12.2. The second-order valence-electron chi connectivity index (χ2n) is 8.76. The lowest BCUT2D eigenvalue weighted by Gasteiger charge is -2.06. The number of benzene rings is 2. The number of fused-ring (bicyclic) bond motifs is 1. The van der Waals surface area contributed by atoms with Gasteiger partial charge in [0.25, 0.3) is 0 Å². The molecule has 0 saturated heterocycles. The summed E-state index contributed by atoms with van der Waals surface area (Å²) in [5, 5.41) is 9.95. The van der Waals surface area contributed by atoms with Gasteiger partial charge in [-0.1, -0.05) is 35.9 Å². The van der Waals surface area contributed by atoms with Gasteiger partial charge >= 0.3 is 17.9 Å². The Hall–Kier alpha value is -4.50. The van der Waals surface area contributed by atoms with Crippen molar-refractivity contribution >= 4 is 46.7 Å². The Labute approximate surface area is 229 Å². The van der Waals surface area contributed by atoms with Gasteiger partial charge in [-0.3, -0.25) is 24.4 Å². The fraction of sp³-hybridized carbons (Fsp3) is 0.207. The van der Waals surface area contributed by atoms with E-state index in [9.17, 15) is 19.2 Å². The van der Waals surface area contributed by atoms with Gasteiger partial charge in [0.1, 0.15) is 5.15 Å². The van der Waals surface area contributed by atoms with Crippen molar-refractivity contribution in [2.75, 3.05) is 0 Å². The van der Waals surface area contributed by atoms with Crippen LogP contribution in [-0.4, -0.2) is 44.3 Å². The first kappa shape index (κ1) is 29.1. The lowest BCUT2D eigenvalue weighted by molar-refractivity contribution is -0.157. The quantitative estimate of drug-likeness (QED) is 0.152. The fourth-order valence-electron chi connectivity index (χ4n) is 3.66. The van der Waals surface area contributed by atoms with Crippen LogP contribution in [0.1, 0.15) is 61.5 Å². The number of hydrogen-bond acceptors (Lipinski definition) is 8. The number of hydrogen-bond donors (Lipinski definition) is 1. The maximum atomic E-state index is 11.3. The van der Waals surface area contributed by atoms with Crippen molar-refractivity contribution in [3.63, 3.8) is 0 Å². The van der Waals surface area contributed by atoms with Gasteiger partial charge in [0, 0.05) is 12.3 Å². The van der Waals surface area contributed by atoms with Crippen LogP contribution >= 0.6 is 11.6 Å². The van der Waals surface area contributed by atoms with Crippen LogP contribution in [0.15, 0.2) is 48.5 Å². The molecule has 2 heterocycles. The van der Waals surface area contributed by atoms with Crippen molar-refractivity contribution in [1.29, 1.82) is 0 Å². The van der Waals surface area contributed by atoms with Gasteiger partial charge in [-0.25, -0.2) is 9.78 Å². The SMILES string of the molecule is CC(=O)OC(=O)Cc1nc(C)c(C)nc1C.O=Cc1cc2ccc(Cc3ccc(C(=O)O)cc3)cc2nc1Cl. The van der Waals surface area contributed by atoms with Crippen molar-refractivity contribution in [3.8, 4) is 0 Å². The maximum Gasteiger partial charge on any atom is 0.335 e. The molecule has 0 saturated carbocycles. The number of ether oxygens (including phenoxy) is 1. The minimum absolute atomic E-state index is 0.0282. The number of aldehydes is 1. The number of aromatic nitrogens is 3. The molecule has 4 rings (SSSR count). The topological polar surface area (TPSA) is 136 Å². The molecule has 200 valence electrons. The Morgan fingerprint density at radius 1 is 0.897 bits per heavy atom. The Kier molecular flexibility index (Phi) is 9.57. The summed E-state index contributed by atoms with van der Waals surface area (Å²) in [7, 11) is 0. The number of esters is 2. The van der Waals surface area contributed by atoms with Crippen molar-refractivity contribution in [2.45, 2.75) is 40.5 Å². The normalized spacial score (nSPS) is 10.4. The molecule has 2 aromatic heterocycles. The molecule has 0 radical (unpaired) electrons. The van der Waals surface area contributed by atoms with Gasteiger partial charge in [0.05, 0.1) is 45.8 Å². The fourth-order valence-corrected chi connectivity index (χ4v) is 3.85. The second-order valence-corrected chi connectivity index (χ2v) is 9.12. The summed E-state index contributed by atoms with van der Waals surface area (Å²) in [6, 6.07) is 14.2. The van der Waals surface area contributed by atoms with Crippen LogP contribution in [0.5, 0.6) is 0 Å². The van der Waals surface area contributed by atoms with Crippen molar-refractivity contribution in [2.24, 2.45) is 0 Å². The van der Waals surface area contributed by atoms with Crippen LogP contribution in [0.2, 0.25) is 5.15 Å². The number of carbonyl (C=O) groups is 4. The van der Waals surface area contributed by atoms with E-state index in [-0.39, 0.29) is 17.1 Å². The second kappa shape index (κ2) is 12.8. The van der Waals surface area contributed by atoms with E-state index >= 15 is 0 Å². The maximum absolute atomic E-state index is 11.3. The molecule has 0 amide bonds. The van der Waals surface area contributed by atoms with E-state index in [1.54, 1.807) is 37.3 Å². The van der Waals surface area contributed by atoms with E-state index in [0.29, 0.717) is 29.7 Å². The summed E-state index contributed by atoms with van der Waals surface area (Å²) in [6.07, 6.45) is 1.32.